The number of nitrogens with zero attached hydrogens (tertiary/aromatic N) is 5. The second kappa shape index (κ2) is 11.9. The Hall–Kier alpha value is -4.92. The van der Waals surface area contributed by atoms with Gasteiger partial charge in [-0.15, -0.1) is 0 Å². The average Bonchev–Trinajstić information content (AvgIpc) is 3.42. The highest BCUT2D eigenvalue weighted by Gasteiger charge is 2.29. The van der Waals surface area contributed by atoms with Crippen LogP contribution in [0.5, 0.6) is 17.2 Å². The van der Waals surface area contributed by atoms with Crippen molar-refractivity contribution in [1.82, 2.24) is 24.6 Å². The molecule has 5 aromatic rings. The SMILES string of the molecule is CC(C)C(=O)N1CCC[C@@H](n2nc(-c3ccc(Oc4cccc(OCc5ccccc5)c4)cc3)c3c(N)ncnc32)C1. The summed E-state index contributed by atoms with van der Waals surface area (Å²) < 4.78 is 14.0. The topological polar surface area (TPSA) is 108 Å². The van der Waals surface area contributed by atoms with E-state index >= 15 is 0 Å². The zero-order chi connectivity index (χ0) is 29.1. The molecular weight excluding hydrogens is 528 g/mol. The summed E-state index contributed by atoms with van der Waals surface area (Å²) in [4.78, 5) is 23.5. The van der Waals surface area contributed by atoms with Crippen molar-refractivity contribution in [2.24, 2.45) is 5.92 Å². The number of likely N-dealkylation sites (tertiary alicyclic amines) is 1. The van der Waals surface area contributed by atoms with Crippen molar-refractivity contribution in [2.45, 2.75) is 39.3 Å². The number of fused-ring (bicyclic) bond motifs is 1. The molecule has 0 aliphatic carbocycles. The van der Waals surface area contributed by atoms with Crippen LogP contribution >= 0.6 is 0 Å². The number of carbonyl (C=O) groups excluding carboxylic acids is 1. The number of nitrogens with two attached hydrogens (primary N) is 1. The van der Waals surface area contributed by atoms with Crippen molar-refractivity contribution in [3.63, 3.8) is 0 Å². The number of anilines is 1. The van der Waals surface area contributed by atoms with Crippen LogP contribution in [0.15, 0.2) is 85.2 Å². The van der Waals surface area contributed by atoms with E-state index in [1.54, 1.807) is 0 Å². The smallest absolute Gasteiger partial charge is 0.225 e. The van der Waals surface area contributed by atoms with Crippen LogP contribution in [-0.4, -0.2) is 43.6 Å². The van der Waals surface area contributed by atoms with Gasteiger partial charge in [-0.2, -0.15) is 5.10 Å². The first-order chi connectivity index (χ1) is 20.5. The van der Waals surface area contributed by atoms with Crippen molar-refractivity contribution >= 4 is 22.8 Å². The quantitative estimate of drug-likeness (QED) is 0.238. The fraction of sp³-hybridized carbons (Fsp3) is 0.273. The summed E-state index contributed by atoms with van der Waals surface area (Å²) in [6.45, 7) is 5.72. The average molecular weight is 563 g/mol. The minimum absolute atomic E-state index is 0.00555. The molecular formula is C33H34N6O3. The van der Waals surface area contributed by atoms with Gasteiger partial charge in [-0.1, -0.05) is 50.2 Å². The molecule has 0 radical (unpaired) electrons. The second-order valence-corrected chi connectivity index (χ2v) is 10.9. The molecule has 1 atom stereocenters. The zero-order valence-corrected chi connectivity index (χ0v) is 23.8. The van der Waals surface area contributed by atoms with E-state index in [9.17, 15) is 4.79 Å². The first-order valence-electron chi connectivity index (χ1n) is 14.3. The Bertz CT molecular complexity index is 1680. The van der Waals surface area contributed by atoms with Gasteiger partial charge in [-0.3, -0.25) is 4.79 Å². The van der Waals surface area contributed by atoms with Crippen LogP contribution in [0.1, 0.15) is 38.3 Å². The van der Waals surface area contributed by atoms with Crippen LogP contribution in [-0.2, 0) is 11.4 Å². The van der Waals surface area contributed by atoms with Crippen molar-refractivity contribution in [3.05, 3.63) is 90.8 Å². The lowest BCUT2D eigenvalue weighted by Gasteiger charge is -2.34. The van der Waals surface area contributed by atoms with Gasteiger partial charge < -0.3 is 20.1 Å². The summed E-state index contributed by atoms with van der Waals surface area (Å²) in [5, 5.41) is 5.70. The Kier molecular flexibility index (Phi) is 7.72. The lowest BCUT2D eigenvalue weighted by molar-refractivity contribution is -0.136. The number of hydrogen-bond donors (Lipinski definition) is 1. The maximum Gasteiger partial charge on any atom is 0.225 e. The predicted molar refractivity (Wildman–Crippen MR) is 162 cm³/mol. The molecule has 1 aliphatic rings. The van der Waals surface area contributed by atoms with E-state index in [1.165, 1.54) is 6.33 Å². The molecule has 1 aliphatic heterocycles. The summed E-state index contributed by atoms with van der Waals surface area (Å²) >= 11 is 0. The van der Waals surface area contributed by atoms with Crippen LogP contribution in [0.2, 0.25) is 0 Å². The number of benzene rings is 3. The molecule has 9 heteroatoms. The van der Waals surface area contributed by atoms with Gasteiger partial charge in [0.05, 0.1) is 11.4 Å². The van der Waals surface area contributed by atoms with Gasteiger partial charge in [0.1, 0.15) is 41.7 Å². The maximum atomic E-state index is 12.7. The summed E-state index contributed by atoms with van der Waals surface area (Å²) in [5.74, 6) is 2.59. The standard InChI is InChI=1S/C33H34N6O3/c1-22(2)33(40)38-17-7-10-25(19-38)39-32-29(31(34)35-21-36-32)30(37-39)24-13-15-26(16-14-24)42-28-12-6-11-27(18-28)41-20-23-8-4-3-5-9-23/h3-6,8-9,11-16,18,21-22,25H,7,10,17,19-20H2,1-2H3,(H2,34,35,36)/t25-/m1/s1. The molecule has 2 aromatic heterocycles. The highest BCUT2D eigenvalue weighted by atomic mass is 16.5. The van der Waals surface area contributed by atoms with E-state index in [1.807, 2.05) is 102 Å². The van der Waals surface area contributed by atoms with E-state index in [0.29, 0.717) is 47.2 Å². The van der Waals surface area contributed by atoms with Crippen molar-refractivity contribution in [3.8, 4) is 28.5 Å². The number of aromatic nitrogens is 4. The van der Waals surface area contributed by atoms with Gasteiger partial charge >= 0.3 is 0 Å². The molecule has 2 N–H and O–H groups in total. The molecule has 0 saturated carbocycles. The summed E-state index contributed by atoms with van der Waals surface area (Å²) in [6.07, 6.45) is 3.28. The second-order valence-electron chi connectivity index (χ2n) is 10.9. The van der Waals surface area contributed by atoms with Crippen LogP contribution in [0.4, 0.5) is 5.82 Å². The van der Waals surface area contributed by atoms with E-state index < -0.39 is 0 Å². The maximum absolute atomic E-state index is 12.7. The molecule has 3 heterocycles. The number of amides is 1. The third kappa shape index (κ3) is 5.76. The van der Waals surface area contributed by atoms with Crippen molar-refractivity contribution in [2.75, 3.05) is 18.8 Å². The third-order valence-corrected chi connectivity index (χ3v) is 7.48. The monoisotopic (exact) mass is 562 g/mol. The van der Waals surface area contributed by atoms with E-state index in [4.69, 9.17) is 20.3 Å². The van der Waals surface area contributed by atoms with E-state index in [-0.39, 0.29) is 17.9 Å². The summed E-state index contributed by atoms with van der Waals surface area (Å²) in [7, 11) is 0. The lowest BCUT2D eigenvalue weighted by Crippen LogP contribution is -2.42. The Balaban J connectivity index is 1.22. The summed E-state index contributed by atoms with van der Waals surface area (Å²) in [5.41, 5.74) is 9.71. The van der Waals surface area contributed by atoms with Gasteiger partial charge in [-0.25, -0.2) is 14.6 Å². The number of hydrogen-bond acceptors (Lipinski definition) is 7. The fourth-order valence-corrected chi connectivity index (χ4v) is 5.36. The van der Waals surface area contributed by atoms with Crippen molar-refractivity contribution in [1.29, 1.82) is 0 Å². The van der Waals surface area contributed by atoms with Crippen LogP contribution < -0.4 is 15.2 Å². The Labute approximate surface area is 244 Å². The molecule has 1 fully saturated rings. The van der Waals surface area contributed by atoms with Crippen LogP contribution in [0.25, 0.3) is 22.3 Å². The zero-order valence-electron chi connectivity index (χ0n) is 23.8. The van der Waals surface area contributed by atoms with Gasteiger partial charge in [0.2, 0.25) is 5.91 Å². The van der Waals surface area contributed by atoms with Crippen LogP contribution in [0, 0.1) is 5.92 Å². The predicted octanol–water partition coefficient (Wildman–Crippen LogP) is 6.27. The number of ether oxygens (including phenoxy) is 2. The molecule has 0 unspecified atom stereocenters. The molecule has 214 valence electrons. The molecule has 6 rings (SSSR count). The number of rotatable bonds is 8. The van der Waals surface area contributed by atoms with E-state index in [0.717, 1.165) is 36.3 Å². The van der Waals surface area contributed by atoms with Crippen LogP contribution in [0.3, 0.4) is 0 Å². The van der Waals surface area contributed by atoms with Crippen molar-refractivity contribution < 1.29 is 14.3 Å². The molecule has 0 spiro atoms. The minimum atomic E-state index is -0.0448. The summed E-state index contributed by atoms with van der Waals surface area (Å²) in [6, 6.07) is 25.4. The Morgan fingerprint density at radius 1 is 0.976 bits per heavy atom. The molecule has 42 heavy (non-hydrogen) atoms. The number of piperidine rings is 1. The largest absolute Gasteiger partial charge is 0.489 e. The van der Waals surface area contributed by atoms with Gasteiger partial charge in [-0.05, 0) is 54.8 Å². The first-order valence-corrected chi connectivity index (χ1v) is 14.3. The molecule has 1 amide bonds. The Morgan fingerprint density at radius 2 is 1.76 bits per heavy atom. The number of nitrogen functional groups attached to an aromatic ring is 1. The molecule has 3 aromatic carbocycles. The normalized spacial score (nSPS) is 15.2. The molecule has 9 nitrogen and oxygen atoms in total. The first kappa shape index (κ1) is 27.3. The highest BCUT2D eigenvalue weighted by Crippen LogP contribution is 2.35. The number of carbonyl (C=O) groups is 1. The van der Waals surface area contributed by atoms with Gasteiger partial charge in [0.25, 0.3) is 0 Å². The van der Waals surface area contributed by atoms with E-state index in [2.05, 4.69) is 9.97 Å². The fourth-order valence-electron chi connectivity index (χ4n) is 5.36. The minimum Gasteiger partial charge on any atom is -0.489 e. The highest BCUT2D eigenvalue weighted by molar-refractivity contribution is 5.98. The third-order valence-electron chi connectivity index (χ3n) is 7.48. The molecule has 0 bridgehead atoms. The van der Waals surface area contributed by atoms with Gasteiger partial charge in [0.15, 0.2) is 5.65 Å². The Morgan fingerprint density at radius 3 is 2.55 bits per heavy atom. The van der Waals surface area contributed by atoms with Gasteiger partial charge in [0, 0.05) is 30.6 Å². The lowest BCUT2D eigenvalue weighted by atomic mass is 10.0. The molecule has 1 saturated heterocycles.